The number of carboxylic acids is 1. The number of esters is 1. The average Bonchev–Trinajstić information content (AvgIpc) is 2.50. The second-order valence-electron chi connectivity index (χ2n) is 4.67. The largest absolute Gasteiger partial charge is 0.481 e. The molecule has 0 saturated heterocycles. The minimum absolute atomic E-state index is 0.318. The van der Waals surface area contributed by atoms with E-state index in [-0.39, 0.29) is 0 Å². The summed E-state index contributed by atoms with van der Waals surface area (Å²) in [6.45, 7) is -0.419. The molecular formula is C13H14F3NO6S. The molecule has 0 unspecified atom stereocenters. The molecule has 0 amide bonds. The quantitative estimate of drug-likeness (QED) is 0.764. The van der Waals surface area contributed by atoms with Gasteiger partial charge in [0, 0.05) is 13.6 Å². The molecule has 0 aliphatic carbocycles. The summed E-state index contributed by atoms with van der Waals surface area (Å²) >= 11 is 0. The molecule has 0 bridgehead atoms. The Balaban J connectivity index is 3.35. The van der Waals surface area contributed by atoms with Crippen molar-refractivity contribution in [1.82, 2.24) is 4.31 Å². The number of benzene rings is 1. The fourth-order valence-electron chi connectivity index (χ4n) is 1.76. The normalized spacial score (nSPS) is 12.2. The lowest BCUT2D eigenvalue weighted by atomic mass is 10.1. The zero-order valence-corrected chi connectivity index (χ0v) is 13.4. The van der Waals surface area contributed by atoms with E-state index in [1.54, 1.807) is 0 Å². The zero-order chi connectivity index (χ0) is 18.7. The van der Waals surface area contributed by atoms with Crippen molar-refractivity contribution < 1.29 is 41.0 Å². The molecule has 0 radical (unpaired) electrons. The van der Waals surface area contributed by atoms with Gasteiger partial charge in [-0.25, -0.2) is 17.5 Å². The predicted molar refractivity (Wildman–Crippen MR) is 74.9 cm³/mol. The zero-order valence-electron chi connectivity index (χ0n) is 12.6. The van der Waals surface area contributed by atoms with Crippen LogP contribution in [0.15, 0.2) is 23.1 Å². The lowest BCUT2D eigenvalue weighted by molar-refractivity contribution is -0.138. The number of carbonyl (C=O) groups is 2. The van der Waals surface area contributed by atoms with Crippen LogP contribution in [-0.4, -0.2) is 50.5 Å². The van der Waals surface area contributed by atoms with Crippen LogP contribution in [-0.2, 0) is 25.7 Å². The Labute approximate surface area is 135 Å². The molecule has 1 N–H and O–H groups in total. The van der Waals surface area contributed by atoms with Crippen molar-refractivity contribution in [3.8, 4) is 0 Å². The highest BCUT2D eigenvalue weighted by Gasteiger charge is 2.37. The molecule has 1 rings (SSSR count). The van der Waals surface area contributed by atoms with E-state index in [1.165, 1.54) is 0 Å². The minimum atomic E-state index is -4.98. The van der Waals surface area contributed by atoms with Crippen LogP contribution in [0.3, 0.4) is 0 Å². The molecule has 0 aliphatic rings. The molecule has 134 valence electrons. The maximum atomic E-state index is 13.1. The number of halogens is 3. The number of hydrogen-bond donors (Lipinski definition) is 1. The number of ether oxygens (including phenoxy) is 1. The Bertz CT molecular complexity index is 745. The number of hydrogen-bond acceptors (Lipinski definition) is 5. The lowest BCUT2D eigenvalue weighted by Gasteiger charge is -2.18. The summed E-state index contributed by atoms with van der Waals surface area (Å²) in [6.07, 6.45) is -5.49. The van der Waals surface area contributed by atoms with Crippen molar-refractivity contribution in [1.29, 1.82) is 0 Å². The van der Waals surface area contributed by atoms with Gasteiger partial charge in [0.2, 0.25) is 10.0 Å². The number of methoxy groups -OCH3 is 1. The first-order valence-electron chi connectivity index (χ1n) is 6.39. The van der Waals surface area contributed by atoms with Gasteiger partial charge in [-0.3, -0.25) is 4.79 Å². The van der Waals surface area contributed by atoms with Crippen molar-refractivity contribution in [2.75, 3.05) is 20.7 Å². The highest BCUT2D eigenvalue weighted by atomic mass is 32.2. The van der Waals surface area contributed by atoms with Crippen LogP contribution in [0.2, 0.25) is 0 Å². The van der Waals surface area contributed by atoms with Gasteiger partial charge in [-0.15, -0.1) is 0 Å². The van der Waals surface area contributed by atoms with Crippen LogP contribution in [0.25, 0.3) is 0 Å². The number of rotatable bonds is 6. The third-order valence-corrected chi connectivity index (χ3v) is 4.90. The first kappa shape index (κ1) is 19.9. The van der Waals surface area contributed by atoms with E-state index in [0.717, 1.165) is 20.2 Å². The molecule has 1 aromatic rings. The van der Waals surface area contributed by atoms with Crippen LogP contribution >= 0.6 is 0 Å². The van der Waals surface area contributed by atoms with Gasteiger partial charge < -0.3 is 9.84 Å². The fourth-order valence-corrected chi connectivity index (χ4v) is 2.96. The van der Waals surface area contributed by atoms with E-state index < -0.39 is 57.1 Å². The number of alkyl halides is 3. The summed E-state index contributed by atoms with van der Waals surface area (Å²) in [5, 5.41) is 8.55. The lowest BCUT2D eigenvalue weighted by Crippen LogP contribution is -2.29. The molecule has 0 aliphatic heterocycles. The molecule has 0 saturated carbocycles. The van der Waals surface area contributed by atoms with Crippen LogP contribution in [0.1, 0.15) is 22.3 Å². The smallest absolute Gasteiger partial charge is 0.417 e. The van der Waals surface area contributed by atoms with Gasteiger partial charge in [-0.2, -0.15) is 13.2 Å². The number of aliphatic carboxylic acids is 1. The van der Waals surface area contributed by atoms with Crippen LogP contribution < -0.4 is 0 Å². The van der Waals surface area contributed by atoms with Crippen molar-refractivity contribution >= 4 is 22.0 Å². The first-order valence-corrected chi connectivity index (χ1v) is 7.83. The summed E-state index contributed by atoms with van der Waals surface area (Å²) in [4.78, 5) is 21.2. The summed E-state index contributed by atoms with van der Waals surface area (Å²) < 4.78 is 68.5. The monoisotopic (exact) mass is 369 g/mol. The predicted octanol–water partition coefficient (Wildman–Crippen LogP) is 1.59. The Kier molecular flexibility index (Phi) is 5.95. The molecule has 0 spiro atoms. The molecule has 0 atom stereocenters. The van der Waals surface area contributed by atoms with E-state index in [9.17, 15) is 31.2 Å². The second-order valence-corrected chi connectivity index (χ2v) is 6.71. The topological polar surface area (TPSA) is 101 Å². The van der Waals surface area contributed by atoms with Gasteiger partial charge in [0.1, 0.15) is 0 Å². The number of sulfonamides is 1. The van der Waals surface area contributed by atoms with Gasteiger partial charge in [0.25, 0.3) is 0 Å². The maximum absolute atomic E-state index is 13.1. The van der Waals surface area contributed by atoms with Gasteiger partial charge >= 0.3 is 18.1 Å². The molecule has 0 heterocycles. The van der Waals surface area contributed by atoms with Crippen molar-refractivity contribution in [2.24, 2.45) is 0 Å². The Morgan fingerprint density at radius 3 is 2.33 bits per heavy atom. The van der Waals surface area contributed by atoms with E-state index in [4.69, 9.17) is 5.11 Å². The minimum Gasteiger partial charge on any atom is -0.481 e. The highest BCUT2D eigenvalue weighted by molar-refractivity contribution is 7.89. The SMILES string of the molecule is COC(=O)c1ccc(S(=O)(=O)N(C)CCC(=O)O)cc1C(F)(F)F. The summed E-state index contributed by atoms with van der Waals surface area (Å²) in [7, 11) is -2.41. The van der Waals surface area contributed by atoms with Crippen LogP contribution in [0.4, 0.5) is 13.2 Å². The third-order valence-electron chi connectivity index (χ3n) is 3.05. The van der Waals surface area contributed by atoms with Gasteiger partial charge in [0.05, 0.1) is 29.6 Å². The summed E-state index contributed by atoms with van der Waals surface area (Å²) in [6, 6.07) is 1.85. The Morgan fingerprint density at radius 2 is 1.88 bits per heavy atom. The highest BCUT2D eigenvalue weighted by Crippen LogP contribution is 2.34. The number of carboxylic acid groups (broad SMARTS) is 1. The summed E-state index contributed by atoms with van der Waals surface area (Å²) in [5.41, 5.74) is -2.28. The fraction of sp³-hybridized carbons (Fsp3) is 0.385. The van der Waals surface area contributed by atoms with Gasteiger partial charge in [-0.05, 0) is 18.2 Å². The number of nitrogens with zero attached hydrogens (tertiary/aromatic N) is 1. The Hall–Kier alpha value is -2.14. The molecule has 7 nitrogen and oxygen atoms in total. The van der Waals surface area contributed by atoms with Crippen LogP contribution in [0.5, 0.6) is 0 Å². The molecule has 0 aromatic heterocycles. The third kappa shape index (κ3) is 4.45. The van der Waals surface area contributed by atoms with E-state index in [1.807, 2.05) is 0 Å². The van der Waals surface area contributed by atoms with Gasteiger partial charge in [0.15, 0.2) is 0 Å². The van der Waals surface area contributed by atoms with Crippen molar-refractivity contribution in [3.05, 3.63) is 29.3 Å². The number of carbonyl (C=O) groups excluding carboxylic acids is 1. The first-order chi connectivity index (χ1) is 10.9. The molecule has 0 fully saturated rings. The maximum Gasteiger partial charge on any atom is 0.417 e. The molecule has 24 heavy (non-hydrogen) atoms. The standard InChI is InChI=1S/C13H14F3NO6S/c1-17(6-5-11(18)19)24(21,22)8-3-4-9(12(20)23-2)10(7-8)13(14,15)16/h3-4,7H,5-6H2,1-2H3,(H,18,19). The molecular weight excluding hydrogens is 355 g/mol. The average molecular weight is 369 g/mol. The van der Waals surface area contributed by atoms with E-state index in [2.05, 4.69) is 4.74 Å². The van der Waals surface area contributed by atoms with Crippen LogP contribution in [0, 0.1) is 0 Å². The molecule has 11 heteroatoms. The van der Waals surface area contributed by atoms with E-state index in [0.29, 0.717) is 16.4 Å². The van der Waals surface area contributed by atoms with E-state index >= 15 is 0 Å². The van der Waals surface area contributed by atoms with Crippen molar-refractivity contribution in [3.63, 3.8) is 0 Å². The molecule has 1 aromatic carbocycles. The summed E-state index contributed by atoms with van der Waals surface area (Å²) in [5.74, 6) is -2.51. The Morgan fingerprint density at radius 1 is 1.29 bits per heavy atom. The van der Waals surface area contributed by atoms with Gasteiger partial charge in [-0.1, -0.05) is 0 Å². The van der Waals surface area contributed by atoms with Crippen molar-refractivity contribution in [2.45, 2.75) is 17.5 Å². The second kappa shape index (κ2) is 7.18.